The molecule has 4 rings (SSSR count). The van der Waals surface area contributed by atoms with E-state index in [2.05, 4.69) is 15.1 Å². The van der Waals surface area contributed by atoms with Crippen molar-refractivity contribution in [3.8, 4) is 0 Å². The highest BCUT2D eigenvalue weighted by molar-refractivity contribution is 5.92. The Morgan fingerprint density at radius 2 is 2.15 bits per heavy atom. The Hall–Kier alpha value is -2.77. The second kappa shape index (κ2) is 6.86. The minimum Gasteiger partial charge on any atom is -0.342 e. The molecule has 0 unspecified atom stereocenters. The van der Waals surface area contributed by atoms with Gasteiger partial charge in [0.15, 0.2) is 5.69 Å². The van der Waals surface area contributed by atoms with Gasteiger partial charge in [0.2, 0.25) is 0 Å². The number of imidazole rings is 1. The number of piperidine rings is 1. The molecule has 2 aromatic heterocycles. The van der Waals surface area contributed by atoms with Gasteiger partial charge in [-0.25, -0.2) is 9.67 Å². The number of hydrogen-bond donors (Lipinski definition) is 1. The molecule has 1 amide bonds. The topological polar surface area (TPSA) is 66.8 Å². The van der Waals surface area contributed by atoms with Gasteiger partial charge in [-0.15, -0.1) is 0 Å². The third kappa shape index (κ3) is 3.31. The van der Waals surface area contributed by atoms with Crippen LogP contribution in [0.3, 0.4) is 0 Å². The largest absolute Gasteiger partial charge is 0.342 e. The molecule has 26 heavy (non-hydrogen) atoms. The van der Waals surface area contributed by atoms with E-state index in [4.69, 9.17) is 0 Å². The summed E-state index contributed by atoms with van der Waals surface area (Å²) in [6.45, 7) is -1.53. The smallest absolute Gasteiger partial charge is 0.333 e. The third-order valence-corrected chi connectivity index (χ3v) is 4.75. The number of fused-ring (bicyclic) bond motifs is 1. The van der Waals surface area contributed by atoms with Crippen LogP contribution >= 0.6 is 0 Å². The summed E-state index contributed by atoms with van der Waals surface area (Å²) in [6, 6.07) is 9.21. The molecule has 1 aliphatic heterocycles. The highest BCUT2D eigenvalue weighted by atomic mass is 19.3. The van der Waals surface area contributed by atoms with Gasteiger partial charge in [-0.2, -0.15) is 13.9 Å². The number of benzene rings is 1. The molecular formula is C18H19F2N5O. The van der Waals surface area contributed by atoms with Crippen LogP contribution in [0.4, 0.5) is 8.78 Å². The van der Waals surface area contributed by atoms with E-state index in [0.717, 1.165) is 42.3 Å². The average molecular weight is 359 g/mol. The van der Waals surface area contributed by atoms with Gasteiger partial charge < -0.3 is 9.88 Å². The number of para-hydroxylation sites is 2. The van der Waals surface area contributed by atoms with Crippen LogP contribution in [-0.4, -0.2) is 43.6 Å². The van der Waals surface area contributed by atoms with Crippen LogP contribution in [0.25, 0.3) is 11.0 Å². The van der Waals surface area contributed by atoms with Crippen molar-refractivity contribution in [2.75, 3.05) is 13.1 Å². The summed E-state index contributed by atoms with van der Waals surface area (Å²) in [7, 11) is 0. The fourth-order valence-electron chi connectivity index (χ4n) is 3.51. The van der Waals surface area contributed by atoms with Crippen LogP contribution in [0, 0.1) is 5.92 Å². The molecule has 0 saturated carbocycles. The van der Waals surface area contributed by atoms with Crippen molar-refractivity contribution in [1.29, 1.82) is 0 Å². The van der Waals surface area contributed by atoms with Gasteiger partial charge in [0.1, 0.15) is 5.82 Å². The number of carbonyl (C=O) groups excluding carboxylic acids is 1. The Labute approximate surface area is 148 Å². The van der Waals surface area contributed by atoms with E-state index in [1.165, 1.54) is 6.07 Å². The number of amides is 1. The molecule has 0 bridgehead atoms. The van der Waals surface area contributed by atoms with E-state index >= 15 is 0 Å². The third-order valence-electron chi connectivity index (χ3n) is 4.75. The monoisotopic (exact) mass is 359 g/mol. The SMILES string of the molecule is O=C(c1ccn(C(F)F)n1)N1CCC[C@H](Cc2nc3ccccc3[nH]2)C1. The number of alkyl halides is 2. The zero-order valence-electron chi connectivity index (χ0n) is 14.1. The van der Waals surface area contributed by atoms with Crippen molar-refractivity contribution < 1.29 is 13.6 Å². The van der Waals surface area contributed by atoms with E-state index in [0.29, 0.717) is 17.8 Å². The normalized spacial score (nSPS) is 18.0. The average Bonchev–Trinajstić information content (AvgIpc) is 3.28. The maximum atomic E-state index is 12.6. The molecule has 0 radical (unpaired) electrons. The predicted octanol–water partition coefficient (Wildman–Crippen LogP) is 3.25. The molecular weight excluding hydrogens is 340 g/mol. The van der Waals surface area contributed by atoms with Gasteiger partial charge in [0, 0.05) is 25.7 Å². The summed E-state index contributed by atoms with van der Waals surface area (Å²) in [5, 5.41) is 3.68. The van der Waals surface area contributed by atoms with Crippen molar-refractivity contribution in [1.82, 2.24) is 24.6 Å². The Morgan fingerprint density at radius 1 is 1.31 bits per heavy atom. The lowest BCUT2D eigenvalue weighted by Gasteiger charge is -2.32. The number of halogens is 2. The predicted molar refractivity (Wildman–Crippen MR) is 91.9 cm³/mol. The molecule has 8 heteroatoms. The van der Waals surface area contributed by atoms with Crippen molar-refractivity contribution in [3.63, 3.8) is 0 Å². The molecule has 3 heterocycles. The number of likely N-dealkylation sites (tertiary alicyclic amines) is 1. The molecule has 6 nitrogen and oxygen atoms in total. The number of hydrogen-bond acceptors (Lipinski definition) is 3. The van der Waals surface area contributed by atoms with E-state index in [1.807, 2.05) is 24.3 Å². The zero-order chi connectivity index (χ0) is 18.1. The van der Waals surface area contributed by atoms with Crippen LogP contribution in [0.15, 0.2) is 36.5 Å². The van der Waals surface area contributed by atoms with Crippen molar-refractivity contribution >= 4 is 16.9 Å². The summed E-state index contributed by atoms with van der Waals surface area (Å²) in [5.74, 6) is 0.900. The van der Waals surface area contributed by atoms with Crippen molar-refractivity contribution in [2.45, 2.75) is 25.8 Å². The van der Waals surface area contributed by atoms with Crippen LogP contribution in [0.1, 0.15) is 35.7 Å². The van der Waals surface area contributed by atoms with E-state index < -0.39 is 6.55 Å². The second-order valence-electron chi connectivity index (χ2n) is 6.62. The molecule has 1 atom stereocenters. The molecule has 1 saturated heterocycles. The van der Waals surface area contributed by atoms with Gasteiger partial charge in [0.25, 0.3) is 5.91 Å². The number of nitrogens with one attached hydrogen (secondary N) is 1. The molecule has 1 aromatic carbocycles. The Morgan fingerprint density at radius 3 is 2.92 bits per heavy atom. The first-order chi connectivity index (χ1) is 12.6. The van der Waals surface area contributed by atoms with Crippen LogP contribution in [0.5, 0.6) is 0 Å². The zero-order valence-corrected chi connectivity index (χ0v) is 14.1. The second-order valence-corrected chi connectivity index (χ2v) is 6.62. The Kier molecular flexibility index (Phi) is 4.40. The maximum Gasteiger partial charge on any atom is 0.333 e. The minimum absolute atomic E-state index is 0.0645. The molecule has 1 N–H and O–H groups in total. The molecule has 136 valence electrons. The Balaban J connectivity index is 1.44. The minimum atomic E-state index is -2.74. The molecule has 1 aliphatic rings. The number of rotatable bonds is 4. The molecule has 1 fully saturated rings. The Bertz CT molecular complexity index is 886. The number of carbonyl (C=O) groups is 1. The lowest BCUT2D eigenvalue weighted by Crippen LogP contribution is -2.40. The maximum absolute atomic E-state index is 12.6. The summed E-state index contributed by atoms with van der Waals surface area (Å²) in [6.07, 6.45) is 3.77. The first-order valence-corrected chi connectivity index (χ1v) is 8.66. The van der Waals surface area contributed by atoms with Crippen molar-refractivity contribution in [3.05, 3.63) is 48.0 Å². The summed E-state index contributed by atoms with van der Waals surface area (Å²) in [5.41, 5.74) is 2.00. The molecule has 0 spiro atoms. The quantitative estimate of drug-likeness (QED) is 0.778. The van der Waals surface area contributed by atoms with Gasteiger partial charge in [-0.05, 0) is 37.0 Å². The first kappa shape index (κ1) is 16.7. The van der Waals surface area contributed by atoms with Gasteiger partial charge >= 0.3 is 6.55 Å². The standard InChI is InChI=1S/C18H19F2N5O/c19-18(20)25-9-7-15(23-25)17(26)24-8-3-4-12(11-24)10-16-21-13-5-1-2-6-14(13)22-16/h1-2,5-7,9,12,18H,3-4,8,10-11H2,(H,21,22)/t12-/m1/s1. The fraction of sp³-hybridized carbons (Fsp3) is 0.389. The summed E-state index contributed by atoms with van der Waals surface area (Å²) < 4.78 is 25.8. The molecule has 3 aromatic rings. The van der Waals surface area contributed by atoms with Crippen LogP contribution in [-0.2, 0) is 6.42 Å². The fourth-order valence-corrected chi connectivity index (χ4v) is 3.51. The first-order valence-electron chi connectivity index (χ1n) is 8.66. The summed E-state index contributed by atoms with van der Waals surface area (Å²) >= 11 is 0. The van der Waals surface area contributed by atoms with Gasteiger partial charge in [-0.3, -0.25) is 4.79 Å². The van der Waals surface area contributed by atoms with E-state index in [-0.39, 0.29) is 17.5 Å². The van der Waals surface area contributed by atoms with Gasteiger partial charge in [0.05, 0.1) is 11.0 Å². The van der Waals surface area contributed by atoms with Crippen molar-refractivity contribution in [2.24, 2.45) is 5.92 Å². The van der Waals surface area contributed by atoms with E-state index in [1.54, 1.807) is 4.90 Å². The number of aromatic nitrogens is 4. The lowest BCUT2D eigenvalue weighted by atomic mass is 9.94. The molecule has 0 aliphatic carbocycles. The highest BCUT2D eigenvalue weighted by Crippen LogP contribution is 2.22. The summed E-state index contributed by atoms with van der Waals surface area (Å²) in [4.78, 5) is 22.2. The van der Waals surface area contributed by atoms with Gasteiger partial charge in [-0.1, -0.05) is 12.1 Å². The number of nitrogens with zero attached hydrogens (tertiary/aromatic N) is 4. The number of H-pyrrole nitrogens is 1. The van der Waals surface area contributed by atoms with Crippen LogP contribution < -0.4 is 0 Å². The van der Waals surface area contributed by atoms with Crippen LogP contribution in [0.2, 0.25) is 0 Å². The van der Waals surface area contributed by atoms with E-state index in [9.17, 15) is 13.6 Å². The number of aromatic amines is 1. The lowest BCUT2D eigenvalue weighted by molar-refractivity contribution is 0.0542. The highest BCUT2D eigenvalue weighted by Gasteiger charge is 2.27.